The number of amides is 1. The van der Waals surface area contributed by atoms with Gasteiger partial charge in [-0.1, -0.05) is 0 Å². The second kappa shape index (κ2) is 4.82. The van der Waals surface area contributed by atoms with Gasteiger partial charge in [0.2, 0.25) is 0 Å². The molecule has 15 heavy (non-hydrogen) atoms. The van der Waals surface area contributed by atoms with E-state index in [0.29, 0.717) is 6.54 Å². The first-order valence-electron chi connectivity index (χ1n) is 4.92. The van der Waals surface area contributed by atoms with Crippen molar-refractivity contribution in [2.75, 3.05) is 0 Å². The van der Waals surface area contributed by atoms with Crippen molar-refractivity contribution < 1.29 is 9.53 Å². The minimum Gasteiger partial charge on any atom is -0.447 e. The first kappa shape index (κ1) is 11.6. The summed E-state index contributed by atoms with van der Waals surface area (Å²) in [6.07, 6.45) is 1.39. The van der Waals surface area contributed by atoms with Crippen LogP contribution in [-0.4, -0.2) is 22.0 Å². The second-order valence-corrected chi connectivity index (χ2v) is 3.72. The zero-order valence-corrected chi connectivity index (χ0v) is 9.57. The zero-order chi connectivity index (χ0) is 11.4. The summed E-state index contributed by atoms with van der Waals surface area (Å²) in [5.41, 5.74) is 1.92. The quantitative estimate of drug-likeness (QED) is 0.821. The number of carbonyl (C=O) groups excluding carboxylic acids is 1. The lowest BCUT2D eigenvalue weighted by molar-refractivity contribution is 0.115. The van der Waals surface area contributed by atoms with Gasteiger partial charge >= 0.3 is 6.09 Å². The Kier molecular flexibility index (Phi) is 3.71. The number of hydrogen-bond acceptors (Lipinski definition) is 3. The number of nitrogens with zero attached hydrogens (tertiary/aromatic N) is 2. The summed E-state index contributed by atoms with van der Waals surface area (Å²) >= 11 is 0. The van der Waals surface area contributed by atoms with Crippen LogP contribution < -0.4 is 5.32 Å². The molecule has 1 heterocycles. The van der Waals surface area contributed by atoms with Gasteiger partial charge in [0.1, 0.15) is 0 Å². The number of hydrogen-bond donors (Lipinski definition) is 1. The molecule has 0 aromatic carbocycles. The minimum absolute atomic E-state index is 0.0972. The highest BCUT2D eigenvalue weighted by Crippen LogP contribution is 2.03. The molecule has 0 aliphatic heterocycles. The smallest absolute Gasteiger partial charge is 0.407 e. The fourth-order valence-electron chi connectivity index (χ4n) is 1.25. The number of nitrogens with one attached hydrogen (secondary N) is 1. The lowest BCUT2D eigenvalue weighted by atomic mass is 10.3. The Balaban J connectivity index is 2.43. The van der Waals surface area contributed by atoms with Crippen LogP contribution in [0.2, 0.25) is 0 Å². The Morgan fingerprint density at radius 1 is 1.67 bits per heavy atom. The van der Waals surface area contributed by atoms with Crippen LogP contribution in [-0.2, 0) is 18.3 Å². The molecule has 0 radical (unpaired) electrons. The topological polar surface area (TPSA) is 56.2 Å². The number of aromatic nitrogens is 2. The van der Waals surface area contributed by atoms with Crippen molar-refractivity contribution in [2.45, 2.75) is 33.4 Å². The Morgan fingerprint density at radius 3 is 2.80 bits per heavy atom. The Labute approximate surface area is 89.4 Å². The lowest BCUT2D eigenvalue weighted by Gasteiger charge is -2.08. The molecule has 0 saturated carbocycles. The van der Waals surface area contributed by atoms with Crippen LogP contribution >= 0.6 is 0 Å². The molecule has 0 aliphatic rings. The fraction of sp³-hybridized carbons (Fsp3) is 0.600. The molecule has 1 N–H and O–H groups in total. The normalized spacial score (nSPS) is 10.5. The summed E-state index contributed by atoms with van der Waals surface area (Å²) in [5.74, 6) is 0. The summed E-state index contributed by atoms with van der Waals surface area (Å²) in [6.45, 7) is 5.99. The van der Waals surface area contributed by atoms with Crippen LogP contribution in [0.25, 0.3) is 0 Å². The van der Waals surface area contributed by atoms with Crippen molar-refractivity contribution in [2.24, 2.45) is 7.05 Å². The molecule has 0 bridgehead atoms. The van der Waals surface area contributed by atoms with Crippen LogP contribution in [0.4, 0.5) is 4.79 Å². The summed E-state index contributed by atoms with van der Waals surface area (Å²) in [6, 6.07) is 0. The van der Waals surface area contributed by atoms with Gasteiger partial charge in [-0.3, -0.25) is 4.68 Å². The van der Waals surface area contributed by atoms with Gasteiger partial charge in [-0.15, -0.1) is 0 Å². The SMILES string of the molecule is Cc1nn(C)cc1CNC(=O)OC(C)C. The summed E-state index contributed by atoms with van der Waals surface area (Å²) < 4.78 is 6.66. The van der Waals surface area contributed by atoms with Crippen LogP contribution in [0.3, 0.4) is 0 Å². The maximum absolute atomic E-state index is 11.2. The highest BCUT2D eigenvalue weighted by Gasteiger charge is 2.07. The van der Waals surface area contributed by atoms with E-state index in [4.69, 9.17) is 4.74 Å². The van der Waals surface area contributed by atoms with Gasteiger partial charge in [-0.25, -0.2) is 4.79 Å². The van der Waals surface area contributed by atoms with E-state index in [9.17, 15) is 4.79 Å². The molecule has 0 unspecified atom stereocenters. The molecule has 5 nitrogen and oxygen atoms in total. The van der Waals surface area contributed by atoms with Gasteiger partial charge < -0.3 is 10.1 Å². The van der Waals surface area contributed by atoms with E-state index in [1.165, 1.54) is 0 Å². The predicted molar refractivity (Wildman–Crippen MR) is 56.4 cm³/mol. The molecule has 5 heteroatoms. The van der Waals surface area contributed by atoms with E-state index >= 15 is 0 Å². The van der Waals surface area contributed by atoms with Crippen LogP contribution in [0.1, 0.15) is 25.1 Å². The van der Waals surface area contributed by atoms with Crippen LogP contribution in [0, 0.1) is 6.92 Å². The molecular weight excluding hydrogens is 194 g/mol. The zero-order valence-electron chi connectivity index (χ0n) is 9.57. The Morgan fingerprint density at radius 2 is 2.33 bits per heavy atom. The third kappa shape index (κ3) is 3.61. The van der Waals surface area contributed by atoms with Gasteiger partial charge in [0.15, 0.2) is 0 Å². The summed E-state index contributed by atoms with van der Waals surface area (Å²) in [7, 11) is 1.85. The van der Waals surface area contributed by atoms with E-state index in [1.54, 1.807) is 4.68 Å². The van der Waals surface area contributed by atoms with Gasteiger partial charge in [0.25, 0.3) is 0 Å². The predicted octanol–water partition coefficient (Wildman–Crippen LogP) is 1.36. The first-order valence-corrected chi connectivity index (χ1v) is 4.92. The van der Waals surface area contributed by atoms with E-state index in [1.807, 2.05) is 34.0 Å². The standard InChI is InChI=1S/C10H17N3O2/c1-7(2)15-10(14)11-5-9-6-13(4)12-8(9)3/h6-7H,5H2,1-4H3,(H,11,14). The molecule has 1 aromatic heterocycles. The molecule has 0 aliphatic carbocycles. The highest BCUT2D eigenvalue weighted by molar-refractivity contribution is 5.67. The summed E-state index contributed by atoms with van der Waals surface area (Å²) in [5, 5.41) is 6.84. The second-order valence-electron chi connectivity index (χ2n) is 3.72. The average Bonchev–Trinajstić information content (AvgIpc) is 2.40. The third-order valence-electron chi connectivity index (χ3n) is 1.88. The number of rotatable bonds is 3. The molecule has 0 spiro atoms. The van der Waals surface area contributed by atoms with Crippen molar-refractivity contribution in [1.82, 2.24) is 15.1 Å². The molecule has 0 atom stereocenters. The highest BCUT2D eigenvalue weighted by atomic mass is 16.6. The van der Waals surface area contributed by atoms with Crippen molar-refractivity contribution in [3.63, 3.8) is 0 Å². The van der Waals surface area contributed by atoms with Gasteiger partial charge in [-0.05, 0) is 20.8 Å². The largest absolute Gasteiger partial charge is 0.447 e. The van der Waals surface area contributed by atoms with Crippen LogP contribution in [0.15, 0.2) is 6.20 Å². The van der Waals surface area contributed by atoms with Crippen molar-refractivity contribution in [3.05, 3.63) is 17.5 Å². The molecule has 84 valence electrons. The number of aryl methyl sites for hydroxylation is 2. The fourth-order valence-corrected chi connectivity index (χ4v) is 1.25. The summed E-state index contributed by atoms with van der Waals surface area (Å²) in [4.78, 5) is 11.2. The minimum atomic E-state index is -0.395. The van der Waals surface area contributed by atoms with Crippen LogP contribution in [0.5, 0.6) is 0 Å². The third-order valence-corrected chi connectivity index (χ3v) is 1.88. The number of carbonyl (C=O) groups is 1. The van der Waals surface area contributed by atoms with E-state index in [2.05, 4.69) is 10.4 Å². The molecular formula is C10H17N3O2. The molecule has 0 saturated heterocycles. The van der Waals surface area contributed by atoms with Crippen molar-refractivity contribution in [1.29, 1.82) is 0 Å². The molecule has 1 aromatic rings. The van der Waals surface area contributed by atoms with Gasteiger partial charge in [0.05, 0.1) is 11.8 Å². The lowest BCUT2D eigenvalue weighted by Crippen LogP contribution is -2.26. The van der Waals surface area contributed by atoms with Gasteiger partial charge in [-0.2, -0.15) is 5.10 Å². The molecule has 1 amide bonds. The maximum Gasteiger partial charge on any atom is 0.407 e. The number of alkyl carbamates (subject to hydrolysis) is 1. The Bertz CT molecular complexity index is 344. The van der Waals surface area contributed by atoms with E-state index in [-0.39, 0.29) is 6.10 Å². The van der Waals surface area contributed by atoms with E-state index < -0.39 is 6.09 Å². The number of ether oxygens (including phenoxy) is 1. The Hall–Kier alpha value is -1.52. The van der Waals surface area contributed by atoms with E-state index in [0.717, 1.165) is 11.3 Å². The maximum atomic E-state index is 11.2. The average molecular weight is 211 g/mol. The molecule has 1 rings (SSSR count). The van der Waals surface area contributed by atoms with Crippen molar-refractivity contribution in [3.8, 4) is 0 Å². The monoisotopic (exact) mass is 211 g/mol. The first-order chi connectivity index (χ1) is 6.99. The van der Waals surface area contributed by atoms with Crippen molar-refractivity contribution >= 4 is 6.09 Å². The van der Waals surface area contributed by atoms with Gasteiger partial charge in [0, 0.05) is 25.4 Å². The molecule has 0 fully saturated rings.